The molecule has 0 radical (unpaired) electrons. The lowest BCUT2D eigenvalue weighted by Gasteiger charge is -2.10. The fourth-order valence-electron chi connectivity index (χ4n) is 2.39. The van der Waals surface area contributed by atoms with Crippen LogP contribution in [0.5, 0.6) is 5.75 Å². The van der Waals surface area contributed by atoms with E-state index in [4.69, 9.17) is 4.74 Å². The second-order valence-electron chi connectivity index (χ2n) is 5.62. The summed E-state index contributed by atoms with van der Waals surface area (Å²) in [5.41, 5.74) is 2.44. The van der Waals surface area contributed by atoms with Crippen molar-refractivity contribution < 1.29 is 9.53 Å². The van der Waals surface area contributed by atoms with Crippen molar-refractivity contribution in [1.82, 2.24) is 19.7 Å². The lowest BCUT2D eigenvalue weighted by Crippen LogP contribution is -2.15. The molecule has 2 aromatic heterocycles. The number of hydrogen-bond donors (Lipinski definition) is 1. The van der Waals surface area contributed by atoms with Crippen LogP contribution in [0.1, 0.15) is 5.56 Å². The van der Waals surface area contributed by atoms with E-state index >= 15 is 0 Å². The van der Waals surface area contributed by atoms with Crippen molar-refractivity contribution in [3.63, 3.8) is 0 Å². The zero-order valence-corrected chi connectivity index (χ0v) is 15.6. The fourth-order valence-corrected chi connectivity index (χ4v) is 3.11. The molecule has 7 nitrogen and oxygen atoms in total. The maximum absolute atomic E-state index is 12.3. The van der Waals surface area contributed by atoms with Crippen LogP contribution in [0.2, 0.25) is 0 Å². The van der Waals surface area contributed by atoms with Gasteiger partial charge in [0.1, 0.15) is 11.4 Å². The minimum absolute atomic E-state index is 0.138. The zero-order chi connectivity index (χ0) is 18.5. The Balaban J connectivity index is 1.66. The van der Waals surface area contributed by atoms with Crippen LogP contribution < -0.4 is 10.1 Å². The lowest BCUT2D eigenvalue weighted by molar-refractivity contribution is -0.113. The summed E-state index contributed by atoms with van der Waals surface area (Å²) in [4.78, 5) is 16.6. The number of amides is 1. The molecule has 3 rings (SSSR count). The fraction of sp³-hybridized carbons (Fsp3) is 0.222. The topological polar surface area (TPSA) is 81.9 Å². The molecule has 0 saturated heterocycles. The van der Waals surface area contributed by atoms with Gasteiger partial charge in [0.2, 0.25) is 5.91 Å². The van der Waals surface area contributed by atoms with E-state index < -0.39 is 0 Å². The van der Waals surface area contributed by atoms with Gasteiger partial charge in [0.15, 0.2) is 11.0 Å². The van der Waals surface area contributed by atoms with Crippen molar-refractivity contribution in [2.75, 3.05) is 18.2 Å². The summed E-state index contributed by atoms with van der Waals surface area (Å²) < 4.78 is 7.11. The molecule has 1 amide bonds. The van der Waals surface area contributed by atoms with E-state index in [-0.39, 0.29) is 11.7 Å². The van der Waals surface area contributed by atoms with Crippen LogP contribution in [-0.2, 0) is 11.8 Å². The lowest BCUT2D eigenvalue weighted by atomic mass is 10.2. The average Bonchev–Trinajstić information content (AvgIpc) is 3.01. The number of anilines is 1. The smallest absolute Gasteiger partial charge is 0.234 e. The number of carbonyl (C=O) groups excluding carboxylic acids is 1. The van der Waals surface area contributed by atoms with Gasteiger partial charge in [0.25, 0.3) is 0 Å². The van der Waals surface area contributed by atoms with Crippen molar-refractivity contribution in [1.29, 1.82) is 0 Å². The van der Waals surface area contributed by atoms with E-state index in [0.717, 1.165) is 11.3 Å². The van der Waals surface area contributed by atoms with Crippen LogP contribution >= 0.6 is 11.8 Å². The Kier molecular flexibility index (Phi) is 5.52. The highest BCUT2D eigenvalue weighted by atomic mass is 32.2. The molecule has 0 aliphatic rings. The van der Waals surface area contributed by atoms with Gasteiger partial charge in [0.05, 0.1) is 18.6 Å². The standard InChI is InChI=1S/C18H19N5O2S/c1-12-7-8-15(25-3)14(10-12)20-16(24)11-26-18-22-21-17(23(18)2)13-6-4-5-9-19-13/h4-10H,11H2,1-3H3,(H,20,24). The maximum Gasteiger partial charge on any atom is 0.234 e. The molecule has 0 unspecified atom stereocenters. The van der Waals surface area contributed by atoms with Gasteiger partial charge in [-0.15, -0.1) is 10.2 Å². The van der Waals surface area contributed by atoms with Gasteiger partial charge in [-0.2, -0.15) is 0 Å². The Labute approximate surface area is 155 Å². The number of thioether (sulfide) groups is 1. The van der Waals surface area contributed by atoms with E-state index in [9.17, 15) is 4.79 Å². The van der Waals surface area contributed by atoms with Crippen molar-refractivity contribution in [3.05, 3.63) is 48.2 Å². The Morgan fingerprint density at radius 3 is 2.85 bits per heavy atom. The van der Waals surface area contributed by atoms with E-state index in [2.05, 4.69) is 20.5 Å². The van der Waals surface area contributed by atoms with Crippen LogP contribution in [-0.4, -0.2) is 38.5 Å². The van der Waals surface area contributed by atoms with E-state index in [1.807, 2.05) is 54.9 Å². The third kappa shape index (κ3) is 4.02. The van der Waals surface area contributed by atoms with Gasteiger partial charge >= 0.3 is 0 Å². The first-order valence-electron chi connectivity index (χ1n) is 7.96. The van der Waals surface area contributed by atoms with Crippen molar-refractivity contribution in [3.8, 4) is 17.3 Å². The maximum atomic E-state index is 12.3. The third-order valence-electron chi connectivity index (χ3n) is 3.69. The minimum atomic E-state index is -0.138. The molecular weight excluding hydrogens is 350 g/mol. The highest BCUT2D eigenvalue weighted by Crippen LogP contribution is 2.26. The largest absolute Gasteiger partial charge is 0.495 e. The molecule has 0 saturated carbocycles. The molecule has 0 fully saturated rings. The number of pyridine rings is 1. The monoisotopic (exact) mass is 369 g/mol. The first kappa shape index (κ1) is 17.9. The molecule has 1 aromatic carbocycles. The second-order valence-corrected chi connectivity index (χ2v) is 6.56. The van der Waals surface area contributed by atoms with E-state index in [0.29, 0.717) is 22.4 Å². The first-order valence-corrected chi connectivity index (χ1v) is 8.95. The number of ether oxygens (including phenoxy) is 1. The molecule has 8 heteroatoms. The minimum Gasteiger partial charge on any atom is -0.495 e. The summed E-state index contributed by atoms with van der Waals surface area (Å²) in [5, 5.41) is 11.8. The van der Waals surface area contributed by atoms with Crippen molar-refractivity contribution in [2.24, 2.45) is 7.05 Å². The quantitative estimate of drug-likeness (QED) is 0.673. The number of carbonyl (C=O) groups is 1. The Bertz CT molecular complexity index is 911. The van der Waals surface area contributed by atoms with Crippen LogP contribution in [0.3, 0.4) is 0 Å². The number of aryl methyl sites for hydroxylation is 1. The number of aromatic nitrogens is 4. The SMILES string of the molecule is COc1ccc(C)cc1NC(=O)CSc1nnc(-c2ccccn2)n1C. The third-order valence-corrected chi connectivity index (χ3v) is 4.71. The summed E-state index contributed by atoms with van der Waals surface area (Å²) in [6.45, 7) is 1.96. The molecule has 134 valence electrons. The Hall–Kier alpha value is -2.87. The summed E-state index contributed by atoms with van der Waals surface area (Å²) in [6, 6.07) is 11.3. The highest BCUT2D eigenvalue weighted by molar-refractivity contribution is 7.99. The second kappa shape index (κ2) is 8.01. The van der Waals surface area contributed by atoms with Gasteiger partial charge in [-0.05, 0) is 36.8 Å². The predicted molar refractivity (Wildman–Crippen MR) is 101 cm³/mol. The number of hydrogen-bond acceptors (Lipinski definition) is 6. The molecule has 3 aromatic rings. The molecule has 0 bridgehead atoms. The first-order chi connectivity index (χ1) is 12.6. The van der Waals surface area contributed by atoms with Crippen LogP contribution in [0.15, 0.2) is 47.8 Å². The number of methoxy groups -OCH3 is 1. The zero-order valence-electron chi connectivity index (χ0n) is 14.8. The number of rotatable bonds is 6. The number of nitrogens with one attached hydrogen (secondary N) is 1. The summed E-state index contributed by atoms with van der Waals surface area (Å²) in [6.07, 6.45) is 1.71. The van der Waals surface area contributed by atoms with Gasteiger partial charge < -0.3 is 14.6 Å². The van der Waals surface area contributed by atoms with Gasteiger partial charge in [-0.25, -0.2) is 0 Å². The summed E-state index contributed by atoms with van der Waals surface area (Å²) in [7, 11) is 3.43. The van der Waals surface area contributed by atoms with E-state index in [1.54, 1.807) is 13.3 Å². The van der Waals surface area contributed by atoms with Crippen LogP contribution in [0.4, 0.5) is 5.69 Å². The molecule has 0 atom stereocenters. The number of nitrogens with zero attached hydrogens (tertiary/aromatic N) is 4. The highest BCUT2D eigenvalue weighted by Gasteiger charge is 2.14. The molecule has 26 heavy (non-hydrogen) atoms. The van der Waals surface area contributed by atoms with Crippen molar-refractivity contribution >= 4 is 23.4 Å². The molecule has 0 aliphatic heterocycles. The Morgan fingerprint density at radius 2 is 2.12 bits per heavy atom. The van der Waals surface area contributed by atoms with Crippen LogP contribution in [0, 0.1) is 6.92 Å². The van der Waals surface area contributed by atoms with E-state index in [1.165, 1.54) is 11.8 Å². The molecular formula is C18H19N5O2S. The summed E-state index contributed by atoms with van der Waals surface area (Å²) >= 11 is 1.32. The number of benzene rings is 1. The Morgan fingerprint density at radius 1 is 1.27 bits per heavy atom. The molecule has 2 heterocycles. The van der Waals surface area contributed by atoms with Gasteiger partial charge in [0, 0.05) is 13.2 Å². The molecule has 1 N–H and O–H groups in total. The van der Waals surface area contributed by atoms with Crippen LogP contribution in [0.25, 0.3) is 11.5 Å². The average molecular weight is 369 g/mol. The normalized spacial score (nSPS) is 10.6. The van der Waals surface area contributed by atoms with Crippen molar-refractivity contribution in [2.45, 2.75) is 12.1 Å². The predicted octanol–water partition coefficient (Wildman–Crippen LogP) is 2.92. The van der Waals surface area contributed by atoms with Gasteiger partial charge in [-0.3, -0.25) is 9.78 Å². The molecule has 0 spiro atoms. The summed E-state index contributed by atoms with van der Waals surface area (Å²) in [5.74, 6) is 1.37. The molecule has 0 aliphatic carbocycles. The van der Waals surface area contributed by atoms with Gasteiger partial charge in [-0.1, -0.05) is 23.9 Å².